The van der Waals surface area contributed by atoms with Gasteiger partial charge in [-0.15, -0.1) is 0 Å². The maximum Gasteiger partial charge on any atom is 0.192 e. The second kappa shape index (κ2) is 6.16. The number of ketones is 1. The third-order valence-electron chi connectivity index (χ3n) is 3.91. The van der Waals surface area contributed by atoms with E-state index in [1.54, 1.807) is 24.3 Å². The number of methoxy groups -OCH3 is 1. The summed E-state index contributed by atoms with van der Waals surface area (Å²) in [5.41, 5.74) is 2.97. The number of aryl methyl sites for hydroxylation is 1. The summed E-state index contributed by atoms with van der Waals surface area (Å²) >= 11 is 0. The molecule has 0 bridgehead atoms. The minimum atomic E-state index is -0.0310. The topological polar surface area (TPSA) is 55.8 Å². The summed E-state index contributed by atoms with van der Waals surface area (Å²) in [7, 11) is 1.50. The number of rotatable bonds is 2. The molecule has 23 heavy (non-hydrogen) atoms. The van der Waals surface area contributed by atoms with Crippen molar-refractivity contribution in [2.24, 2.45) is 0 Å². The number of hydrogen-bond donors (Lipinski definition) is 1. The van der Waals surface area contributed by atoms with Gasteiger partial charge in [0.2, 0.25) is 0 Å². The zero-order valence-electron chi connectivity index (χ0n) is 13.1. The number of para-hydroxylation sites is 1. The first-order chi connectivity index (χ1) is 11.1. The van der Waals surface area contributed by atoms with E-state index in [1.165, 1.54) is 7.11 Å². The van der Waals surface area contributed by atoms with Gasteiger partial charge in [0.25, 0.3) is 0 Å². The Morgan fingerprint density at radius 1 is 1.26 bits per heavy atom. The first-order valence-electron chi connectivity index (χ1n) is 7.45. The van der Waals surface area contributed by atoms with Gasteiger partial charge < -0.3 is 14.6 Å². The predicted molar refractivity (Wildman–Crippen MR) is 88.3 cm³/mol. The second-order valence-electron chi connectivity index (χ2n) is 5.48. The van der Waals surface area contributed by atoms with Crippen LogP contribution in [-0.4, -0.2) is 24.6 Å². The minimum Gasteiger partial charge on any atom is -0.504 e. The number of hydrogen-bond acceptors (Lipinski definition) is 4. The average molecular weight is 310 g/mol. The molecule has 4 heteroatoms. The highest BCUT2D eigenvalue weighted by molar-refractivity contribution is 6.13. The van der Waals surface area contributed by atoms with E-state index in [0.717, 1.165) is 11.1 Å². The molecule has 0 fully saturated rings. The Hall–Kier alpha value is -2.75. The lowest BCUT2D eigenvalue weighted by Gasteiger charge is -2.08. The molecule has 1 aliphatic heterocycles. The Morgan fingerprint density at radius 2 is 2.09 bits per heavy atom. The predicted octanol–water partition coefficient (Wildman–Crippen LogP) is 3.76. The van der Waals surface area contributed by atoms with Gasteiger partial charge in [-0.2, -0.15) is 0 Å². The van der Waals surface area contributed by atoms with Crippen LogP contribution in [0.4, 0.5) is 0 Å². The Labute approximate surface area is 135 Å². The van der Waals surface area contributed by atoms with Gasteiger partial charge in [-0.1, -0.05) is 18.2 Å². The molecule has 1 aliphatic rings. The number of phenols is 1. The third-order valence-corrected chi connectivity index (χ3v) is 3.91. The van der Waals surface area contributed by atoms with Gasteiger partial charge in [0, 0.05) is 12.0 Å². The van der Waals surface area contributed by atoms with Crippen LogP contribution < -0.4 is 9.47 Å². The molecule has 0 radical (unpaired) electrons. The van der Waals surface area contributed by atoms with E-state index in [4.69, 9.17) is 9.47 Å². The Bertz CT molecular complexity index is 790. The van der Waals surface area contributed by atoms with Crippen LogP contribution >= 0.6 is 0 Å². The Kier molecular flexibility index (Phi) is 4.06. The van der Waals surface area contributed by atoms with Crippen molar-refractivity contribution in [1.82, 2.24) is 0 Å². The first kappa shape index (κ1) is 15.2. The molecule has 4 nitrogen and oxygen atoms in total. The zero-order chi connectivity index (χ0) is 16.4. The smallest absolute Gasteiger partial charge is 0.192 e. The summed E-state index contributed by atoms with van der Waals surface area (Å²) in [6, 6.07) is 10.6. The zero-order valence-corrected chi connectivity index (χ0v) is 13.1. The molecule has 3 rings (SSSR count). The number of carbonyl (C=O) groups excluding carboxylic acids is 1. The molecule has 1 heterocycles. The standard InChI is InChI=1S/C19H18O4/c1-12-4-3-5-15-18(21)14(8-9-23-19(12)15)10-13-6-7-17(22-2)16(20)11-13/h3-7,10-11,20H,8-9H2,1-2H3. The van der Waals surface area contributed by atoms with Crippen LogP contribution in [0.2, 0.25) is 0 Å². The van der Waals surface area contributed by atoms with Crippen LogP contribution in [0.15, 0.2) is 42.0 Å². The van der Waals surface area contributed by atoms with Crippen LogP contribution in [0, 0.1) is 6.92 Å². The second-order valence-corrected chi connectivity index (χ2v) is 5.48. The highest BCUT2D eigenvalue weighted by Gasteiger charge is 2.22. The van der Waals surface area contributed by atoms with Crippen molar-refractivity contribution in [3.8, 4) is 17.2 Å². The molecule has 0 saturated heterocycles. The van der Waals surface area contributed by atoms with Gasteiger partial charge in [-0.3, -0.25) is 4.79 Å². The quantitative estimate of drug-likeness (QED) is 0.858. The maximum atomic E-state index is 12.8. The molecular weight excluding hydrogens is 292 g/mol. The Balaban J connectivity index is 2.00. The van der Waals surface area contributed by atoms with Gasteiger partial charge >= 0.3 is 0 Å². The van der Waals surface area contributed by atoms with Crippen LogP contribution in [0.1, 0.15) is 27.9 Å². The number of ether oxygens (including phenoxy) is 2. The molecule has 0 saturated carbocycles. The van der Waals surface area contributed by atoms with Crippen molar-refractivity contribution in [3.63, 3.8) is 0 Å². The van der Waals surface area contributed by atoms with E-state index in [9.17, 15) is 9.90 Å². The number of fused-ring (bicyclic) bond motifs is 1. The summed E-state index contributed by atoms with van der Waals surface area (Å²) in [6.07, 6.45) is 2.32. The van der Waals surface area contributed by atoms with Crippen molar-refractivity contribution in [3.05, 3.63) is 58.7 Å². The Morgan fingerprint density at radius 3 is 2.83 bits per heavy atom. The van der Waals surface area contributed by atoms with Crippen LogP contribution in [0.25, 0.3) is 6.08 Å². The van der Waals surface area contributed by atoms with E-state index in [1.807, 2.05) is 25.1 Å². The summed E-state index contributed by atoms with van der Waals surface area (Å²) in [4.78, 5) is 12.8. The van der Waals surface area contributed by atoms with Crippen LogP contribution in [0.3, 0.4) is 0 Å². The van der Waals surface area contributed by atoms with Gasteiger partial charge in [0.15, 0.2) is 17.3 Å². The molecule has 2 aromatic rings. The molecule has 2 aromatic carbocycles. The fourth-order valence-electron chi connectivity index (χ4n) is 2.71. The van der Waals surface area contributed by atoms with Gasteiger partial charge in [-0.25, -0.2) is 0 Å². The van der Waals surface area contributed by atoms with E-state index >= 15 is 0 Å². The minimum absolute atomic E-state index is 0.0310. The molecule has 0 aliphatic carbocycles. The van der Waals surface area contributed by atoms with Crippen molar-refractivity contribution in [2.75, 3.05) is 13.7 Å². The number of benzene rings is 2. The highest BCUT2D eigenvalue weighted by atomic mass is 16.5. The number of carbonyl (C=O) groups is 1. The molecule has 0 amide bonds. The SMILES string of the molecule is COc1ccc(C=C2CCOc3c(C)cccc3C2=O)cc1O. The number of aromatic hydroxyl groups is 1. The van der Waals surface area contributed by atoms with Crippen LogP contribution in [-0.2, 0) is 0 Å². The van der Waals surface area contributed by atoms with Gasteiger partial charge in [0.05, 0.1) is 19.3 Å². The molecule has 1 N–H and O–H groups in total. The fraction of sp³-hybridized carbons (Fsp3) is 0.211. The summed E-state index contributed by atoms with van der Waals surface area (Å²) in [6.45, 7) is 2.39. The number of Topliss-reactive ketones (excluding diaryl/α,β-unsaturated/α-hetero) is 1. The normalized spacial score (nSPS) is 15.7. The monoisotopic (exact) mass is 310 g/mol. The molecule has 0 spiro atoms. The van der Waals surface area contributed by atoms with Gasteiger partial charge in [-0.05, 0) is 42.3 Å². The van der Waals surface area contributed by atoms with Crippen molar-refractivity contribution < 1.29 is 19.4 Å². The summed E-state index contributed by atoms with van der Waals surface area (Å²) in [5, 5.41) is 9.87. The van der Waals surface area contributed by atoms with Crippen molar-refractivity contribution in [1.29, 1.82) is 0 Å². The number of phenolic OH excluding ortho intramolecular Hbond substituents is 1. The average Bonchev–Trinajstić information content (AvgIpc) is 2.69. The van der Waals surface area contributed by atoms with E-state index in [-0.39, 0.29) is 11.5 Å². The molecular formula is C19H18O4. The molecule has 118 valence electrons. The maximum absolute atomic E-state index is 12.8. The van der Waals surface area contributed by atoms with Crippen molar-refractivity contribution >= 4 is 11.9 Å². The molecule has 0 aromatic heterocycles. The highest BCUT2D eigenvalue weighted by Crippen LogP contribution is 2.32. The fourth-order valence-corrected chi connectivity index (χ4v) is 2.71. The summed E-state index contributed by atoms with van der Waals surface area (Å²) in [5.74, 6) is 1.09. The first-order valence-corrected chi connectivity index (χ1v) is 7.45. The lowest BCUT2D eigenvalue weighted by molar-refractivity contribution is 0.103. The van der Waals surface area contributed by atoms with Crippen molar-refractivity contribution in [2.45, 2.75) is 13.3 Å². The largest absolute Gasteiger partial charge is 0.504 e. The van der Waals surface area contributed by atoms with E-state index in [2.05, 4.69) is 0 Å². The third kappa shape index (κ3) is 2.93. The van der Waals surface area contributed by atoms with Crippen LogP contribution in [0.5, 0.6) is 17.2 Å². The lowest BCUT2D eigenvalue weighted by Crippen LogP contribution is -2.02. The van der Waals surface area contributed by atoms with E-state index < -0.39 is 0 Å². The molecule has 0 atom stereocenters. The summed E-state index contributed by atoms with van der Waals surface area (Å²) < 4.78 is 10.8. The molecule has 0 unspecified atom stereocenters. The van der Waals surface area contributed by atoms with E-state index in [0.29, 0.717) is 35.7 Å². The van der Waals surface area contributed by atoms with Gasteiger partial charge in [0.1, 0.15) is 5.75 Å². The lowest BCUT2D eigenvalue weighted by atomic mass is 9.97.